The maximum Gasteiger partial charge on any atom is 0.262 e. The van der Waals surface area contributed by atoms with Gasteiger partial charge < -0.3 is 19.7 Å². The molecule has 0 saturated carbocycles. The number of nitrogens with zero attached hydrogens (tertiary/aromatic N) is 1. The first-order valence-electron chi connectivity index (χ1n) is 8.64. The van der Waals surface area contributed by atoms with Crippen molar-refractivity contribution in [3.8, 4) is 11.5 Å². The fourth-order valence-electron chi connectivity index (χ4n) is 2.83. The fraction of sp³-hybridized carbons (Fsp3) is 0.300. The zero-order valence-corrected chi connectivity index (χ0v) is 14.7. The Bertz CT molecular complexity index is 763. The van der Waals surface area contributed by atoms with Crippen LogP contribution in [0.3, 0.4) is 0 Å². The molecular weight excluding hydrogens is 332 g/mol. The number of amides is 2. The van der Waals surface area contributed by atoms with Gasteiger partial charge in [-0.05, 0) is 30.7 Å². The van der Waals surface area contributed by atoms with Crippen LogP contribution in [0.1, 0.15) is 12.8 Å². The van der Waals surface area contributed by atoms with Crippen LogP contribution in [-0.4, -0.2) is 38.1 Å². The maximum absolute atomic E-state index is 12.7. The second-order valence-corrected chi connectivity index (χ2v) is 5.96. The topological polar surface area (TPSA) is 67.9 Å². The normalized spacial score (nSPS) is 15.6. The number of nitrogens with one attached hydrogen (secondary N) is 1. The van der Waals surface area contributed by atoms with Gasteiger partial charge in [0, 0.05) is 13.5 Å². The Labute approximate surface area is 152 Å². The Morgan fingerprint density at radius 3 is 2.65 bits per heavy atom. The molecule has 6 nitrogen and oxygen atoms in total. The summed E-state index contributed by atoms with van der Waals surface area (Å²) in [6.07, 6.45) is 0.221. The lowest BCUT2D eigenvalue weighted by Gasteiger charge is -2.34. The summed E-state index contributed by atoms with van der Waals surface area (Å²) in [5.74, 6) is 1.04. The Morgan fingerprint density at radius 2 is 1.88 bits per heavy atom. The van der Waals surface area contributed by atoms with Crippen LogP contribution in [0.25, 0.3) is 0 Å². The second kappa shape index (κ2) is 8.38. The third-order valence-corrected chi connectivity index (χ3v) is 4.16. The van der Waals surface area contributed by atoms with Crippen LogP contribution in [0.4, 0.5) is 5.69 Å². The number of benzene rings is 2. The van der Waals surface area contributed by atoms with Crippen LogP contribution in [-0.2, 0) is 9.59 Å². The summed E-state index contributed by atoms with van der Waals surface area (Å²) in [6, 6.07) is 16.8. The zero-order valence-electron chi connectivity index (χ0n) is 14.7. The van der Waals surface area contributed by atoms with Gasteiger partial charge in [-0.15, -0.1) is 0 Å². The molecule has 1 aliphatic rings. The molecule has 136 valence electrons. The van der Waals surface area contributed by atoms with E-state index in [9.17, 15) is 9.59 Å². The van der Waals surface area contributed by atoms with E-state index < -0.39 is 6.10 Å². The molecule has 0 aliphatic carbocycles. The van der Waals surface area contributed by atoms with Gasteiger partial charge in [-0.1, -0.05) is 30.3 Å². The summed E-state index contributed by atoms with van der Waals surface area (Å²) in [5.41, 5.74) is 0.696. The molecule has 0 spiro atoms. The van der Waals surface area contributed by atoms with Crippen molar-refractivity contribution < 1.29 is 19.1 Å². The maximum atomic E-state index is 12.7. The monoisotopic (exact) mass is 354 g/mol. The quantitative estimate of drug-likeness (QED) is 0.809. The van der Waals surface area contributed by atoms with Crippen molar-refractivity contribution in [3.05, 3.63) is 54.6 Å². The number of likely N-dealkylation sites (N-methyl/N-ethyl adjacent to an activating group) is 1. The predicted molar refractivity (Wildman–Crippen MR) is 98.4 cm³/mol. The molecule has 1 aliphatic heterocycles. The van der Waals surface area contributed by atoms with Crippen LogP contribution in [0.15, 0.2) is 54.6 Å². The number of ether oxygens (including phenoxy) is 2. The van der Waals surface area contributed by atoms with Gasteiger partial charge in [-0.3, -0.25) is 9.59 Å². The number of carbonyl (C=O) groups excluding carboxylic acids is 2. The third kappa shape index (κ3) is 4.14. The molecule has 1 heterocycles. The van der Waals surface area contributed by atoms with E-state index in [1.165, 1.54) is 0 Å². The van der Waals surface area contributed by atoms with Gasteiger partial charge in [0.15, 0.2) is 6.10 Å². The minimum absolute atomic E-state index is 0.0497. The standard InChI is InChI=1S/C20H22N2O4/c1-21-20(24)18-14-22(16-10-5-6-11-17(16)26-18)19(23)12-7-13-25-15-8-3-2-4-9-15/h2-6,8-11,18H,7,12-14H2,1H3,(H,21,24). The second-order valence-electron chi connectivity index (χ2n) is 5.96. The highest BCUT2D eigenvalue weighted by atomic mass is 16.5. The summed E-state index contributed by atoms with van der Waals surface area (Å²) in [5, 5.41) is 2.57. The van der Waals surface area contributed by atoms with E-state index in [1.807, 2.05) is 48.5 Å². The number of anilines is 1. The molecule has 0 saturated heterocycles. The van der Waals surface area contributed by atoms with E-state index in [-0.39, 0.29) is 18.4 Å². The molecule has 0 radical (unpaired) electrons. The van der Waals surface area contributed by atoms with Crippen molar-refractivity contribution in [2.45, 2.75) is 18.9 Å². The molecule has 2 amide bonds. The first-order chi connectivity index (χ1) is 12.7. The Kier molecular flexibility index (Phi) is 5.73. The van der Waals surface area contributed by atoms with Gasteiger partial charge in [-0.25, -0.2) is 0 Å². The molecule has 0 aromatic heterocycles. The lowest BCUT2D eigenvalue weighted by Crippen LogP contribution is -2.50. The molecule has 1 N–H and O–H groups in total. The largest absolute Gasteiger partial charge is 0.494 e. The predicted octanol–water partition coefficient (Wildman–Crippen LogP) is 2.39. The van der Waals surface area contributed by atoms with Crippen LogP contribution < -0.4 is 19.7 Å². The molecule has 1 atom stereocenters. The van der Waals surface area contributed by atoms with Crippen molar-refractivity contribution in [2.24, 2.45) is 0 Å². The van der Waals surface area contributed by atoms with E-state index in [0.29, 0.717) is 30.9 Å². The number of fused-ring (bicyclic) bond motifs is 1. The van der Waals surface area contributed by atoms with Crippen LogP contribution in [0.5, 0.6) is 11.5 Å². The molecule has 6 heteroatoms. The van der Waals surface area contributed by atoms with E-state index >= 15 is 0 Å². The molecule has 26 heavy (non-hydrogen) atoms. The first-order valence-corrected chi connectivity index (χ1v) is 8.64. The van der Waals surface area contributed by atoms with Gasteiger partial charge in [0.25, 0.3) is 5.91 Å². The minimum Gasteiger partial charge on any atom is -0.494 e. The highest BCUT2D eigenvalue weighted by molar-refractivity contribution is 5.97. The minimum atomic E-state index is -0.709. The molecule has 0 fully saturated rings. The van der Waals surface area contributed by atoms with E-state index in [2.05, 4.69) is 5.32 Å². The number of carbonyl (C=O) groups is 2. The van der Waals surface area contributed by atoms with Crippen molar-refractivity contribution >= 4 is 17.5 Å². The van der Waals surface area contributed by atoms with Crippen molar-refractivity contribution in [1.29, 1.82) is 0 Å². The Balaban J connectivity index is 1.61. The first kappa shape index (κ1) is 17.8. The Morgan fingerprint density at radius 1 is 1.15 bits per heavy atom. The van der Waals surface area contributed by atoms with Crippen molar-refractivity contribution in [3.63, 3.8) is 0 Å². The summed E-state index contributed by atoms with van der Waals surface area (Å²) >= 11 is 0. The molecule has 2 aromatic rings. The SMILES string of the molecule is CNC(=O)C1CN(C(=O)CCCOc2ccccc2)c2ccccc2O1. The number of rotatable bonds is 6. The number of hydrogen-bond donors (Lipinski definition) is 1. The number of hydrogen-bond acceptors (Lipinski definition) is 4. The summed E-state index contributed by atoms with van der Waals surface area (Å²) in [7, 11) is 1.55. The van der Waals surface area contributed by atoms with Crippen molar-refractivity contribution in [1.82, 2.24) is 5.32 Å². The van der Waals surface area contributed by atoms with Crippen molar-refractivity contribution in [2.75, 3.05) is 25.1 Å². The van der Waals surface area contributed by atoms with Crippen LogP contribution in [0.2, 0.25) is 0 Å². The third-order valence-electron chi connectivity index (χ3n) is 4.16. The smallest absolute Gasteiger partial charge is 0.262 e. The van der Waals surface area contributed by atoms with Crippen LogP contribution >= 0.6 is 0 Å². The zero-order chi connectivity index (χ0) is 18.4. The van der Waals surface area contributed by atoms with Crippen LogP contribution in [0, 0.1) is 0 Å². The lowest BCUT2D eigenvalue weighted by molar-refractivity contribution is -0.128. The van der Waals surface area contributed by atoms with Gasteiger partial charge in [0.1, 0.15) is 11.5 Å². The average molecular weight is 354 g/mol. The average Bonchev–Trinajstić information content (AvgIpc) is 2.70. The Hall–Kier alpha value is -3.02. The molecule has 2 aromatic carbocycles. The van der Waals surface area contributed by atoms with Gasteiger partial charge in [0.2, 0.25) is 5.91 Å². The fourth-order valence-corrected chi connectivity index (χ4v) is 2.83. The summed E-state index contributed by atoms with van der Waals surface area (Å²) in [4.78, 5) is 26.3. The number of para-hydroxylation sites is 3. The highest BCUT2D eigenvalue weighted by Gasteiger charge is 2.32. The molecule has 3 rings (SSSR count). The molecular formula is C20H22N2O4. The van der Waals surface area contributed by atoms with Gasteiger partial charge in [0.05, 0.1) is 18.8 Å². The molecule has 1 unspecified atom stereocenters. The van der Waals surface area contributed by atoms with Gasteiger partial charge in [-0.2, -0.15) is 0 Å². The highest BCUT2D eigenvalue weighted by Crippen LogP contribution is 2.33. The summed E-state index contributed by atoms with van der Waals surface area (Å²) in [6.45, 7) is 0.662. The van der Waals surface area contributed by atoms with E-state index in [4.69, 9.17) is 9.47 Å². The molecule has 0 bridgehead atoms. The lowest BCUT2D eigenvalue weighted by atomic mass is 10.1. The summed E-state index contributed by atoms with van der Waals surface area (Å²) < 4.78 is 11.3. The van der Waals surface area contributed by atoms with Gasteiger partial charge >= 0.3 is 0 Å². The van der Waals surface area contributed by atoms with E-state index in [0.717, 1.165) is 5.75 Å². The van der Waals surface area contributed by atoms with E-state index in [1.54, 1.807) is 18.0 Å².